The lowest BCUT2D eigenvalue weighted by Crippen LogP contribution is -2.05. The topological polar surface area (TPSA) is 43.3 Å². The largest absolute Gasteiger partial charge is 0.399 e. The molecule has 2 heterocycles. The molecular formula is C20H21BIN3. The van der Waals surface area contributed by atoms with Crippen molar-refractivity contribution < 1.29 is 0 Å². The second kappa shape index (κ2) is 8.02. The number of aromatic nitrogens is 1. The van der Waals surface area contributed by atoms with E-state index in [1.807, 2.05) is 0 Å². The molecule has 1 aromatic carbocycles. The molecule has 1 aliphatic heterocycles. The van der Waals surface area contributed by atoms with Crippen molar-refractivity contribution in [2.24, 2.45) is 10.7 Å². The minimum Gasteiger partial charge on any atom is -0.399 e. The number of allylic oxidation sites excluding steroid dienone is 3. The lowest BCUT2D eigenvalue weighted by Gasteiger charge is -2.11. The molecule has 0 aliphatic carbocycles. The molecule has 25 heavy (non-hydrogen) atoms. The highest BCUT2D eigenvalue weighted by Crippen LogP contribution is 2.31. The van der Waals surface area contributed by atoms with E-state index in [-0.39, 0.29) is 0 Å². The fourth-order valence-electron chi connectivity index (χ4n) is 3.00. The molecule has 0 saturated carbocycles. The van der Waals surface area contributed by atoms with Gasteiger partial charge in [0.05, 0.1) is 11.4 Å². The van der Waals surface area contributed by atoms with Gasteiger partial charge in [-0.05, 0) is 90.2 Å². The summed E-state index contributed by atoms with van der Waals surface area (Å²) < 4.78 is 3.36. The zero-order chi connectivity index (χ0) is 17.8. The Kier molecular flexibility index (Phi) is 5.76. The van der Waals surface area contributed by atoms with Gasteiger partial charge in [0.2, 0.25) is 7.98 Å². The summed E-state index contributed by atoms with van der Waals surface area (Å²) in [4.78, 5) is 4.88. The third kappa shape index (κ3) is 4.04. The smallest absolute Gasteiger partial charge is 0.223 e. The van der Waals surface area contributed by atoms with Crippen LogP contribution in [0, 0.1) is 3.57 Å². The molecule has 3 nitrogen and oxygen atoms in total. The summed E-state index contributed by atoms with van der Waals surface area (Å²) in [5.74, 6) is 0. The summed E-state index contributed by atoms with van der Waals surface area (Å²) in [6, 6.07) is 12.5. The van der Waals surface area contributed by atoms with E-state index in [0.717, 1.165) is 17.8 Å². The zero-order valence-corrected chi connectivity index (χ0v) is 16.7. The van der Waals surface area contributed by atoms with Crippen LogP contribution >= 0.6 is 22.6 Å². The average Bonchev–Trinajstić information content (AvgIpc) is 3.18. The molecule has 0 radical (unpaired) electrons. The average molecular weight is 441 g/mol. The van der Waals surface area contributed by atoms with E-state index >= 15 is 0 Å². The van der Waals surface area contributed by atoms with E-state index in [0.29, 0.717) is 6.54 Å². The van der Waals surface area contributed by atoms with Crippen molar-refractivity contribution in [3.8, 4) is 0 Å². The highest BCUT2D eigenvalue weighted by Gasteiger charge is 2.16. The molecule has 0 saturated heterocycles. The highest BCUT2D eigenvalue weighted by atomic mass is 127. The van der Waals surface area contributed by atoms with E-state index in [1.54, 1.807) is 0 Å². The first-order chi connectivity index (χ1) is 12.1. The van der Waals surface area contributed by atoms with Crippen LogP contribution in [0.15, 0.2) is 71.0 Å². The third-order valence-corrected chi connectivity index (χ3v) is 5.23. The molecule has 0 spiro atoms. The molecule has 0 fully saturated rings. The molecule has 2 N–H and O–H groups in total. The number of halogens is 1. The Morgan fingerprint density at radius 2 is 2.04 bits per heavy atom. The maximum absolute atomic E-state index is 5.86. The van der Waals surface area contributed by atoms with E-state index in [9.17, 15) is 0 Å². The van der Waals surface area contributed by atoms with Gasteiger partial charge in [0, 0.05) is 14.8 Å². The Balaban J connectivity index is 1.97. The summed E-state index contributed by atoms with van der Waals surface area (Å²) in [6.07, 6.45) is 9.22. The van der Waals surface area contributed by atoms with E-state index in [4.69, 9.17) is 10.7 Å². The maximum Gasteiger partial charge on any atom is 0.223 e. The molecule has 0 unspecified atom stereocenters. The lowest BCUT2D eigenvalue weighted by atomic mass is 10.0. The Morgan fingerprint density at radius 1 is 1.24 bits per heavy atom. The Labute approximate surface area is 163 Å². The number of hydrogen-bond donors (Lipinski definition) is 1. The minimum absolute atomic E-state index is 0.611. The van der Waals surface area contributed by atoms with Crippen LogP contribution in [-0.2, 0) is 0 Å². The monoisotopic (exact) mass is 441 g/mol. The number of nitrogens with zero attached hydrogens (tertiary/aromatic N) is 2. The number of aliphatic imine (C=N–C) groups is 1. The van der Waals surface area contributed by atoms with Gasteiger partial charge in [-0.3, -0.25) is 0 Å². The van der Waals surface area contributed by atoms with Crippen molar-refractivity contribution in [3.63, 3.8) is 0 Å². The summed E-state index contributed by atoms with van der Waals surface area (Å²) in [5.41, 5.74) is 12.7. The van der Waals surface area contributed by atoms with E-state index in [2.05, 4.69) is 103 Å². The Bertz CT molecular complexity index is 903. The van der Waals surface area contributed by atoms with Crippen LogP contribution in [0.3, 0.4) is 0 Å². The Hall–Kier alpha value is -1.86. The maximum atomic E-state index is 5.86. The molecular weight excluding hydrogens is 420 g/mol. The van der Waals surface area contributed by atoms with Crippen molar-refractivity contribution in [2.45, 2.75) is 13.3 Å². The highest BCUT2D eigenvalue weighted by molar-refractivity contribution is 14.1. The normalized spacial score (nSPS) is 16.3. The van der Waals surface area contributed by atoms with Gasteiger partial charge in [0.25, 0.3) is 0 Å². The van der Waals surface area contributed by atoms with Crippen LogP contribution in [0.2, 0.25) is 0 Å². The molecule has 0 amide bonds. The molecule has 126 valence electrons. The van der Waals surface area contributed by atoms with Crippen LogP contribution in [0.5, 0.6) is 0 Å². The predicted octanol–water partition coefficient (Wildman–Crippen LogP) is 3.66. The van der Waals surface area contributed by atoms with Crippen molar-refractivity contribution >= 4 is 47.9 Å². The molecule has 1 aromatic heterocycles. The second-order valence-electron chi connectivity index (χ2n) is 6.09. The van der Waals surface area contributed by atoms with Crippen molar-refractivity contribution in [3.05, 3.63) is 80.8 Å². The van der Waals surface area contributed by atoms with Crippen molar-refractivity contribution in [1.82, 2.24) is 4.48 Å². The summed E-state index contributed by atoms with van der Waals surface area (Å²) >= 11 is 2.35. The third-order valence-electron chi connectivity index (χ3n) is 4.25. The van der Waals surface area contributed by atoms with E-state index < -0.39 is 0 Å². The van der Waals surface area contributed by atoms with Gasteiger partial charge in [-0.25, -0.2) is 4.99 Å². The van der Waals surface area contributed by atoms with Gasteiger partial charge in [-0.1, -0.05) is 24.3 Å². The van der Waals surface area contributed by atoms with Gasteiger partial charge in [0.15, 0.2) is 0 Å². The number of benzene rings is 1. The van der Waals surface area contributed by atoms with Gasteiger partial charge in [0.1, 0.15) is 0 Å². The van der Waals surface area contributed by atoms with Gasteiger partial charge < -0.3 is 10.2 Å². The van der Waals surface area contributed by atoms with Gasteiger partial charge in [-0.15, -0.1) is 0 Å². The number of nitrogens with two attached hydrogens (primary N) is 1. The molecule has 5 heteroatoms. The quantitative estimate of drug-likeness (QED) is 0.559. The first kappa shape index (κ1) is 18.0. The summed E-state index contributed by atoms with van der Waals surface area (Å²) in [6.45, 7) is 2.73. The molecule has 0 bridgehead atoms. The molecule has 3 rings (SSSR count). The molecule has 2 aromatic rings. The first-order valence-electron chi connectivity index (χ1n) is 8.35. The van der Waals surface area contributed by atoms with Crippen LogP contribution in [0.25, 0.3) is 11.6 Å². The fraction of sp³-hybridized carbons (Fsp3) is 0.150. The molecule has 1 aliphatic rings. The SMILES string of the molecule is Bn1cccc1/C(CCN)=C1N=C(/C=C/c2ccccc2I)C=C\1C. The van der Waals surface area contributed by atoms with Crippen molar-refractivity contribution in [2.75, 3.05) is 6.54 Å². The van der Waals surface area contributed by atoms with Gasteiger partial charge in [-0.2, -0.15) is 0 Å². The van der Waals surface area contributed by atoms with Crippen LogP contribution in [0.4, 0.5) is 0 Å². The van der Waals surface area contributed by atoms with Gasteiger partial charge >= 0.3 is 0 Å². The van der Waals surface area contributed by atoms with Crippen molar-refractivity contribution in [1.29, 1.82) is 0 Å². The lowest BCUT2D eigenvalue weighted by molar-refractivity contribution is 0.997. The van der Waals surface area contributed by atoms with Crippen LogP contribution < -0.4 is 5.73 Å². The Morgan fingerprint density at radius 3 is 2.72 bits per heavy atom. The fourth-order valence-corrected chi connectivity index (χ4v) is 3.57. The number of hydrogen-bond acceptors (Lipinski definition) is 2. The van der Waals surface area contributed by atoms with Crippen LogP contribution in [-0.4, -0.2) is 24.7 Å². The first-order valence-corrected chi connectivity index (χ1v) is 9.43. The minimum atomic E-state index is 0.611. The summed E-state index contributed by atoms with van der Waals surface area (Å²) in [7, 11) is 2.06. The predicted molar refractivity (Wildman–Crippen MR) is 118 cm³/mol. The number of rotatable bonds is 5. The second-order valence-corrected chi connectivity index (χ2v) is 7.25. The summed E-state index contributed by atoms with van der Waals surface area (Å²) in [5, 5.41) is 0. The standard InChI is InChI=1S/C20H21BIN3/c1-14-13-16(9-8-15-5-2-3-6-18(15)22)24-20(14)17(10-11-23)19-7-4-12-25(19)21/h2-9,12-13H,10-11,21,23H2,1H3/b9-8+,20-17-. The molecule has 0 atom stereocenters. The van der Waals surface area contributed by atoms with Crippen LogP contribution in [0.1, 0.15) is 24.6 Å². The zero-order valence-electron chi connectivity index (χ0n) is 14.5. The van der Waals surface area contributed by atoms with E-state index in [1.165, 1.54) is 26.0 Å².